The minimum Gasteiger partial charge on any atom is -0.460 e. The Hall–Kier alpha value is -0.900. The lowest BCUT2D eigenvalue weighted by Crippen LogP contribution is -2.24. The van der Waals surface area contributed by atoms with Crippen molar-refractivity contribution in [3.8, 4) is 0 Å². The maximum absolute atomic E-state index is 11.4. The Morgan fingerprint density at radius 1 is 1.44 bits per heavy atom. The first-order valence-electron chi connectivity index (χ1n) is 5.19. The molecule has 0 amide bonds. The number of aromatic nitrogens is 1. The monoisotopic (exact) mass is 285 g/mol. The molecule has 0 N–H and O–H groups in total. The van der Waals surface area contributed by atoms with Gasteiger partial charge in [-0.15, -0.1) is 0 Å². The van der Waals surface area contributed by atoms with Crippen LogP contribution < -0.4 is 0 Å². The first-order chi connectivity index (χ1) is 7.37. The predicted molar refractivity (Wildman–Crippen MR) is 66.1 cm³/mol. The molecule has 0 radical (unpaired) electrons. The Morgan fingerprint density at radius 2 is 2.12 bits per heavy atom. The molecule has 0 aliphatic heterocycles. The fraction of sp³-hybridized carbons (Fsp3) is 0.500. The zero-order chi connectivity index (χ0) is 12.2. The molecule has 0 atom stereocenters. The lowest BCUT2D eigenvalue weighted by molar-refractivity contribution is -0.154. The topological polar surface area (TPSA) is 39.2 Å². The number of halogens is 1. The summed E-state index contributed by atoms with van der Waals surface area (Å²) >= 11 is 3.31. The van der Waals surface area contributed by atoms with Crippen LogP contribution >= 0.6 is 15.9 Å². The van der Waals surface area contributed by atoms with E-state index in [1.165, 1.54) is 0 Å². The van der Waals surface area contributed by atoms with Gasteiger partial charge in [0.25, 0.3) is 0 Å². The summed E-state index contributed by atoms with van der Waals surface area (Å²) in [5.74, 6) is -0.183. The molecule has 3 nitrogen and oxygen atoms in total. The molecular weight excluding hydrogens is 270 g/mol. The summed E-state index contributed by atoms with van der Waals surface area (Å²) in [4.78, 5) is 15.6. The van der Waals surface area contributed by atoms with Gasteiger partial charge in [-0.3, -0.25) is 9.78 Å². The summed E-state index contributed by atoms with van der Waals surface area (Å²) in [5.41, 5.74) is 0.485. The molecule has 0 aliphatic rings. The van der Waals surface area contributed by atoms with E-state index in [4.69, 9.17) is 4.74 Å². The number of carbonyl (C=O) groups is 1. The van der Waals surface area contributed by atoms with E-state index < -0.39 is 5.60 Å². The second-order valence-electron chi connectivity index (χ2n) is 4.55. The minimum absolute atomic E-state index is 0.183. The van der Waals surface area contributed by atoms with E-state index in [0.717, 1.165) is 10.2 Å². The van der Waals surface area contributed by atoms with Crippen molar-refractivity contribution in [2.24, 2.45) is 0 Å². The molecule has 0 fully saturated rings. The van der Waals surface area contributed by atoms with Crippen LogP contribution in [0.15, 0.2) is 22.8 Å². The summed E-state index contributed by atoms with van der Waals surface area (Å²) in [6.07, 6.45) is 2.71. The van der Waals surface area contributed by atoms with Gasteiger partial charge in [-0.05, 0) is 48.8 Å². The molecule has 0 bridgehead atoms. The van der Waals surface area contributed by atoms with E-state index in [1.54, 1.807) is 6.20 Å². The summed E-state index contributed by atoms with van der Waals surface area (Å²) < 4.78 is 6.15. The zero-order valence-corrected chi connectivity index (χ0v) is 11.4. The molecule has 0 aromatic carbocycles. The van der Waals surface area contributed by atoms with Crippen molar-refractivity contribution in [1.29, 1.82) is 0 Å². The third kappa shape index (κ3) is 5.26. The quantitative estimate of drug-likeness (QED) is 0.801. The van der Waals surface area contributed by atoms with Crippen LogP contribution in [0.1, 0.15) is 32.9 Å². The van der Waals surface area contributed by atoms with Crippen molar-refractivity contribution >= 4 is 21.9 Å². The second-order valence-corrected chi connectivity index (χ2v) is 5.47. The van der Waals surface area contributed by atoms with Crippen molar-refractivity contribution in [2.45, 2.75) is 39.2 Å². The van der Waals surface area contributed by atoms with Crippen molar-refractivity contribution < 1.29 is 9.53 Å². The highest BCUT2D eigenvalue weighted by molar-refractivity contribution is 9.10. The van der Waals surface area contributed by atoms with Crippen LogP contribution in [0, 0.1) is 0 Å². The fourth-order valence-electron chi connectivity index (χ4n) is 1.18. The van der Waals surface area contributed by atoms with Gasteiger partial charge in [0.2, 0.25) is 0 Å². The highest BCUT2D eigenvalue weighted by atomic mass is 79.9. The summed E-state index contributed by atoms with van der Waals surface area (Å²) in [6, 6.07) is 3.81. The van der Waals surface area contributed by atoms with Crippen LogP contribution in [0.4, 0.5) is 0 Å². The van der Waals surface area contributed by atoms with Gasteiger partial charge in [0.1, 0.15) is 5.60 Å². The average Bonchev–Trinajstić information content (AvgIpc) is 2.14. The highest BCUT2D eigenvalue weighted by Crippen LogP contribution is 2.11. The third-order valence-corrected chi connectivity index (χ3v) is 2.26. The number of pyridine rings is 1. The van der Waals surface area contributed by atoms with Crippen molar-refractivity contribution in [1.82, 2.24) is 4.98 Å². The number of rotatable bonds is 3. The summed E-state index contributed by atoms with van der Waals surface area (Å²) in [5, 5.41) is 0. The van der Waals surface area contributed by atoms with Crippen molar-refractivity contribution in [2.75, 3.05) is 0 Å². The Morgan fingerprint density at radius 3 is 2.62 bits per heavy atom. The molecule has 0 spiro atoms. The van der Waals surface area contributed by atoms with Gasteiger partial charge in [-0.1, -0.05) is 0 Å². The first kappa shape index (κ1) is 13.2. The zero-order valence-electron chi connectivity index (χ0n) is 9.79. The molecule has 0 saturated carbocycles. The van der Waals surface area contributed by atoms with Crippen LogP contribution in [0.3, 0.4) is 0 Å². The third-order valence-electron chi connectivity index (χ3n) is 1.79. The van der Waals surface area contributed by atoms with E-state index >= 15 is 0 Å². The van der Waals surface area contributed by atoms with Crippen LogP contribution in [-0.4, -0.2) is 16.6 Å². The van der Waals surface area contributed by atoms with E-state index in [-0.39, 0.29) is 5.97 Å². The molecule has 0 aliphatic carbocycles. The van der Waals surface area contributed by atoms with Gasteiger partial charge in [0, 0.05) is 22.8 Å². The SMILES string of the molecule is CC(C)(C)OC(=O)CCc1ccc(Br)cn1. The van der Waals surface area contributed by atoms with E-state index in [9.17, 15) is 4.79 Å². The van der Waals surface area contributed by atoms with Gasteiger partial charge in [-0.25, -0.2) is 0 Å². The summed E-state index contributed by atoms with van der Waals surface area (Å²) in [7, 11) is 0. The Balaban J connectivity index is 2.40. The lowest BCUT2D eigenvalue weighted by Gasteiger charge is -2.19. The van der Waals surface area contributed by atoms with Crippen LogP contribution in [-0.2, 0) is 16.0 Å². The van der Waals surface area contributed by atoms with Gasteiger partial charge in [0.05, 0.1) is 6.42 Å². The molecule has 0 saturated heterocycles. The number of ether oxygens (including phenoxy) is 1. The predicted octanol–water partition coefficient (Wildman–Crippen LogP) is 3.12. The Kier molecular flexibility index (Phi) is 4.47. The molecular formula is C12H16BrNO2. The number of nitrogens with zero attached hydrogens (tertiary/aromatic N) is 1. The molecule has 1 aromatic heterocycles. The Bertz CT molecular complexity index is 354. The average molecular weight is 286 g/mol. The van der Waals surface area contributed by atoms with Gasteiger partial charge in [0.15, 0.2) is 0 Å². The molecule has 1 heterocycles. The second kappa shape index (κ2) is 5.43. The van der Waals surface area contributed by atoms with Crippen LogP contribution in [0.5, 0.6) is 0 Å². The molecule has 0 unspecified atom stereocenters. The molecule has 88 valence electrons. The van der Waals surface area contributed by atoms with E-state index in [1.807, 2.05) is 32.9 Å². The highest BCUT2D eigenvalue weighted by Gasteiger charge is 2.15. The van der Waals surface area contributed by atoms with Crippen molar-refractivity contribution in [3.63, 3.8) is 0 Å². The summed E-state index contributed by atoms with van der Waals surface area (Å²) in [6.45, 7) is 5.59. The number of esters is 1. The number of aryl methyl sites for hydroxylation is 1. The minimum atomic E-state index is -0.412. The molecule has 1 rings (SSSR count). The van der Waals surface area contributed by atoms with Gasteiger partial charge in [-0.2, -0.15) is 0 Å². The molecule has 16 heavy (non-hydrogen) atoms. The van der Waals surface area contributed by atoms with Gasteiger partial charge >= 0.3 is 5.97 Å². The first-order valence-corrected chi connectivity index (χ1v) is 5.98. The van der Waals surface area contributed by atoms with Crippen LogP contribution in [0.25, 0.3) is 0 Å². The maximum atomic E-state index is 11.4. The standard InChI is InChI=1S/C12H16BrNO2/c1-12(2,3)16-11(15)7-6-10-5-4-9(13)8-14-10/h4-5,8H,6-7H2,1-3H3. The molecule has 4 heteroatoms. The van der Waals surface area contributed by atoms with E-state index in [2.05, 4.69) is 20.9 Å². The smallest absolute Gasteiger partial charge is 0.306 e. The lowest BCUT2D eigenvalue weighted by atomic mass is 10.2. The maximum Gasteiger partial charge on any atom is 0.306 e. The Labute approximate surface area is 104 Å². The number of hydrogen-bond donors (Lipinski definition) is 0. The number of hydrogen-bond acceptors (Lipinski definition) is 3. The van der Waals surface area contributed by atoms with Crippen molar-refractivity contribution in [3.05, 3.63) is 28.5 Å². The number of carbonyl (C=O) groups excluding carboxylic acids is 1. The fourth-order valence-corrected chi connectivity index (χ4v) is 1.41. The van der Waals surface area contributed by atoms with Crippen LogP contribution in [0.2, 0.25) is 0 Å². The van der Waals surface area contributed by atoms with Gasteiger partial charge < -0.3 is 4.74 Å². The van der Waals surface area contributed by atoms with E-state index in [0.29, 0.717) is 12.8 Å². The molecule has 1 aromatic rings. The normalized spacial score (nSPS) is 11.2. The largest absolute Gasteiger partial charge is 0.460 e.